The molecule has 38 heavy (non-hydrogen) atoms. The van der Waals surface area contributed by atoms with E-state index in [9.17, 15) is 10.5 Å². The molecule has 0 aliphatic rings. The van der Waals surface area contributed by atoms with Gasteiger partial charge in [-0.05, 0) is 78.7 Å². The van der Waals surface area contributed by atoms with Crippen molar-refractivity contribution in [1.82, 2.24) is 9.13 Å². The van der Waals surface area contributed by atoms with Gasteiger partial charge < -0.3 is 9.13 Å². The summed E-state index contributed by atoms with van der Waals surface area (Å²) in [4.78, 5) is 0. The molecule has 0 spiro atoms. The van der Waals surface area contributed by atoms with Crippen molar-refractivity contribution < 1.29 is 0 Å². The zero-order valence-electron chi connectivity index (χ0n) is 20.6. The fraction of sp³-hybridized carbons (Fsp3) is 0.0588. The molecule has 2 aromatic heterocycles. The lowest BCUT2D eigenvalue weighted by Crippen LogP contribution is -2.01. The average Bonchev–Trinajstić information content (AvgIpc) is 3.47. The van der Waals surface area contributed by atoms with E-state index < -0.39 is 0 Å². The second-order valence-electron chi connectivity index (χ2n) is 9.63. The highest BCUT2D eigenvalue weighted by atomic mass is 15.0. The summed E-state index contributed by atoms with van der Waals surface area (Å²) < 4.78 is 4.64. The Morgan fingerprint density at radius 2 is 1.11 bits per heavy atom. The monoisotopic (exact) mass is 486 g/mol. The molecule has 178 valence electrons. The molecule has 0 aliphatic carbocycles. The molecule has 0 bridgehead atoms. The van der Waals surface area contributed by atoms with Gasteiger partial charge in [-0.1, -0.05) is 42.5 Å². The molecule has 0 N–H and O–H groups in total. The minimum atomic E-state index is 0.624. The van der Waals surface area contributed by atoms with E-state index in [1.807, 2.05) is 42.5 Å². The van der Waals surface area contributed by atoms with Gasteiger partial charge in [0.05, 0.1) is 34.3 Å². The van der Waals surface area contributed by atoms with E-state index in [0.29, 0.717) is 11.1 Å². The number of fused-ring (bicyclic) bond motifs is 6. The maximum absolute atomic E-state index is 9.45. The molecule has 4 heteroatoms. The minimum absolute atomic E-state index is 0.624. The third-order valence-electron chi connectivity index (χ3n) is 7.50. The summed E-state index contributed by atoms with van der Waals surface area (Å²) in [6.07, 6.45) is 0.861. The molecule has 0 saturated carbocycles. The third kappa shape index (κ3) is 3.36. The van der Waals surface area contributed by atoms with Crippen molar-refractivity contribution in [2.45, 2.75) is 13.0 Å². The van der Waals surface area contributed by atoms with E-state index in [0.717, 1.165) is 40.5 Å². The van der Waals surface area contributed by atoms with E-state index in [4.69, 9.17) is 0 Å². The molecule has 0 amide bonds. The molecule has 0 saturated heterocycles. The summed E-state index contributed by atoms with van der Waals surface area (Å²) in [5.41, 5.74) is 8.24. The predicted octanol–water partition coefficient (Wildman–Crippen LogP) is 7.88. The number of aromatic nitrogens is 2. The van der Waals surface area contributed by atoms with E-state index in [2.05, 4.69) is 88.0 Å². The zero-order chi connectivity index (χ0) is 25.6. The second kappa shape index (κ2) is 8.66. The molecule has 2 heterocycles. The van der Waals surface area contributed by atoms with Crippen molar-refractivity contribution >= 4 is 43.6 Å². The first-order chi connectivity index (χ1) is 18.7. The molecule has 0 unspecified atom stereocenters. The largest absolute Gasteiger partial charge is 0.340 e. The molecular formula is C34H22N4. The minimum Gasteiger partial charge on any atom is -0.340 e. The molecule has 5 aromatic carbocycles. The Kier molecular flexibility index (Phi) is 5.00. The highest BCUT2D eigenvalue weighted by molar-refractivity contribution is 6.10. The Morgan fingerprint density at radius 3 is 1.79 bits per heavy atom. The van der Waals surface area contributed by atoms with Crippen molar-refractivity contribution in [2.75, 3.05) is 0 Å². The highest BCUT2D eigenvalue weighted by Crippen LogP contribution is 2.34. The summed E-state index contributed by atoms with van der Waals surface area (Å²) in [6.45, 7) is 0.792. The molecule has 4 nitrogen and oxygen atoms in total. The number of hydrogen-bond donors (Lipinski definition) is 0. The summed E-state index contributed by atoms with van der Waals surface area (Å²) in [7, 11) is 0. The van der Waals surface area contributed by atoms with Crippen molar-refractivity contribution in [3.63, 3.8) is 0 Å². The first-order valence-electron chi connectivity index (χ1n) is 12.7. The zero-order valence-corrected chi connectivity index (χ0v) is 20.6. The van der Waals surface area contributed by atoms with Gasteiger partial charge in [0.15, 0.2) is 0 Å². The summed E-state index contributed by atoms with van der Waals surface area (Å²) in [6, 6.07) is 42.0. The summed E-state index contributed by atoms with van der Waals surface area (Å²) in [5, 5.41) is 23.4. The summed E-state index contributed by atoms with van der Waals surface area (Å²) in [5.74, 6) is 0. The SMILES string of the molecule is N#Cc1ccc2c(c1)c1cc(C#N)ccc1n2CCc1ccc2c(c1)c1ccccc1n2-c1ccccc1. The van der Waals surface area contributed by atoms with Crippen molar-refractivity contribution in [3.05, 3.63) is 126 Å². The maximum atomic E-state index is 9.45. The molecule has 7 aromatic rings. The standard InChI is InChI=1S/C34H22N4/c35-21-24-11-13-31-29(19-24)30-20-25(22-36)12-14-32(30)37(31)17-16-23-10-15-34-28(18-23)27-8-4-5-9-33(27)38(34)26-6-2-1-3-7-26/h1-15,18-20H,16-17H2. The topological polar surface area (TPSA) is 57.4 Å². The van der Waals surface area contributed by atoms with Crippen LogP contribution >= 0.6 is 0 Å². The lowest BCUT2D eigenvalue weighted by molar-refractivity contribution is 0.745. The third-order valence-corrected chi connectivity index (χ3v) is 7.50. The molecule has 0 radical (unpaired) electrons. The number of nitriles is 2. The quantitative estimate of drug-likeness (QED) is 0.254. The number of para-hydroxylation sites is 2. The first kappa shape index (κ1) is 21.9. The van der Waals surface area contributed by atoms with E-state index >= 15 is 0 Å². The molecule has 0 aliphatic heterocycles. The van der Waals surface area contributed by atoms with E-state index in [-0.39, 0.29) is 0 Å². The van der Waals surface area contributed by atoms with Gasteiger partial charge in [0.2, 0.25) is 0 Å². The van der Waals surface area contributed by atoms with Gasteiger partial charge in [0.1, 0.15) is 0 Å². The number of aryl methyl sites for hydroxylation is 2. The van der Waals surface area contributed by atoms with Gasteiger partial charge in [0.25, 0.3) is 0 Å². The molecule has 0 atom stereocenters. The van der Waals surface area contributed by atoms with Crippen LogP contribution in [0.3, 0.4) is 0 Å². The van der Waals surface area contributed by atoms with Crippen LogP contribution in [0.25, 0.3) is 49.3 Å². The van der Waals surface area contributed by atoms with Crippen LogP contribution in [-0.2, 0) is 13.0 Å². The van der Waals surface area contributed by atoms with Gasteiger partial charge in [-0.25, -0.2) is 0 Å². The number of rotatable bonds is 4. The van der Waals surface area contributed by atoms with Gasteiger partial charge in [-0.3, -0.25) is 0 Å². The molecular weight excluding hydrogens is 464 g/mol. The molecule has 7 rings (SSSR count). The Morgan fingerprint density at radius 1 is 0.526 bits per heavy atom. The lowest BCUT2D eigenvalue weighted by Gasteiger charge is -2.10. The number of hydrogen-bond acceptors (Lipinski definition) is 2. The van der Waals surface area contributed by atoms with Crippen LogP contribution in [-0.4, -0.2) is 9.13 Å². The number of benzene rings is 5. The van der Waals surface area contributed by atoms with Crippen molar-refractivity contribution in [3.8, 4) is 17.8 Å². The Labute approximate surface area is 219 Å². The molecule has 0 fully saturated rings. The van der Waals surface area contributed by atoms with E-state index in [1.165, 1.54) is 27.4 Å². The fourth-order valence-electron chi connectivity index (χ4n) is 5.76. The maximum Gasteiger partial charge on any atom is 0.0991 e. The summed E-state index contributed by atoms with van der Waals surface area (Å²) >= 11 is 0. The van der Waals surface area contributed by atoms with Crippen LogP contribution < -0.4 is 0 Å². The van der Waals surface area contributed by atoms with Crippen LogP contribution in [0.15, 0.2) is 109 Å². The van der Waals surface area contributed by atoms with E-state index in [1.54, 1.807) is 0 Å². The highest BCUT2D eigenvalue weighted by Gasteiger charge is 2.15. The van der Waals surface area contributed by atoms with Crippen molar-refractivity contribution in [1.29, 1.82) is 10.5 Å². The van der Waals surface area contributed by atoms with Gasteiger partial charge >= 0.3 is 0 Å². The lowest BCUT2D eigenvalue weighted by atomic mass is 10.1. The van der Waals surface area contributed by atoms with Gasteiger partial charge in [0, 0.05) is 44.8 Å². The fourth-order valence-corrected chi connectivity index (χ4v) is 5.76. The normalized spacial score (nSPS) is 11.3. The van der Waals surface area contributed by atoms with Crippen LogP contribution in [0.1, 0.15) is 16.7 Å². The number of nitrogens with zero attached hydrogens (tertiary/aromatic N) is 4. The first-order valence-corrected chi connectivity index (χ1v) is 12.7. The Hall–Kier alpha value is -5.32. The van der Waals surface area contributed by atoms with Crippen LogP contribution in [0, 0.1) is 22.7 Å². The van der Waals surface area contributed by atoms with Gasteiger partial charge in [-0.2, -0.15) is 10.5 Å². The smallest absolute Gasteiger partial charge is 0.0991 e. The average molecular weight is 487 g/mol. The van der Waals surface area contributed by atoms with Crippen LogP contribution in [0.5, 0.6) is 0 Å². The van der Waals surface area contributed by atoms with Gasteiger partial charge in [-0.15, -0.1) is 0 Å². The van der Waals surface area contributed by atoms with Crippen LogP contribution in [0.2, 0.25) is 0 Å². The second-order valence-corrected chi connectivity index (χ2v) is 9.63. The Balaban J connectivity index is 1.33. The predicted molar refractivity (Wildman–Crippen MR) is 153 cm³/mol. The van der Waals surface area contributed by atoms with Crippen molar-refractivity contribution in [2.24, 2.45) is 0 Å². The Bertz CT molecular complexity index is 2030. The van der Waals surface area contributed by atoms with Crippen LogP contribution in [0.4, 0.5) is 0 Å².